The fraction of sp³-hybridized carbons (Fsp3) is 0.200. The van der Waals surface area contributed by atoms with Gasteiger partial charge in [-0.25, -0.2) is 14.4 Å². The van der Waals surface area contributed by atoms with E-state index in [2.05, 4.69) is 38.8 Å². The van der Waals surface area contributed by atoms with Crippen LogP contribution in [0.5, 0.6) is 5.75 Å². The summed E-state index contributed by atoms with van der Waals surface area (Å²) in [5, 5.41) is 7.27. The highest BCUT2D eigenvalue weighted by Crippen LogP contribution is 2.34. The summed E-state index contributed by atoms with van der Waals surface area (Å²) in [4.78, 5) is 9.98. The summed E-state index contributed by atoms with van der Waals surface area (Å²) in [6.07, 6.45) is 8.33. The zero-order valence-corrected chi connectivity index (χ0v) is 19.3. The molecule has 4 aromatic rings. The van der Waals surface area contributed by atoms with Gasteiger partial charge in [0.15, 0.2) is 5.82 Å². The maximum absolute atomic E-state index is 13.4. The number of anilines is 2. The Kier molecular flexibility index (Phi) is 6.53. The van der Waals surface area contributed by atoms with Crippen LogP contribution in [0.4, 0.5) is 15.9 Å². The van der Waals surface area contributed by atoms with Crippen LogP contribution < -0.4 is 15.4 Å². The summed E-state index contributed by atoms with van der Waals surface area (Å²) in [5.41, 5.74) is 2.43. The van der Waals surface area contributed by atoms with Crippen LogP contribution in [0.2, 0.25) is 5.02 Å². The number of thiophene rings is 1. The molecule has 2 aromatic heterocycles. The van der Waals surface area contributed by atoms with E-state index in [1.165, 1.54) is 25.0 Å². The van der Waals surface area contributed by atoms with Crippen molar-refractivity contribution in [1.82, 2.24) is 15.3 Å². The Morgan fingerprint density at radius 2 is 2.15 bits per heavy atom. The molecule has 0 aliphatic carbocycles. The van der Waals surface area contributed by atoms with E-state index in [1.807, 2.05) is 12.1 Å². The third-order valence-electron chi connectivity index (χ3n) is 5.40. The Labute approximate surface area is 200 Å². The zero-order chi connectivity index (χ0) is 22.6. The van der Waals surface area contributed by atoms with Crippen LogP contribution >= 0.6 is 22.9 Å². The molecule has 33 heavy (non-hydrogen) atoms. The minimum absolute atomic E-state index is 0.235. The first-order valence-electron chi connectivity index (χ1n) is 10.7. The fourth-order valence-corrected chi connectivity index (χ4v) is 4.96. The van der Waals surface area contributed by atoms with Crippen molar-refractivity contribution in [1.29, 1.82) is 0 Å². The minimum Gasteiger partial charge on any atom is -0.487 e. The molecule has 0 radical (unpaired) electrons. The lowest BCUT2D eigenvalue weighted by Gasteiger charge is -2.11. The van der Waals surface area contributed by atoms with Gasteiger partial charge in [0.1, 0.15) is 24.5 Å². The quantitative estimate of drug-likeness (QED) is 0.313. The number of hydrogen-bond donors (Lipinski definition) is 2. The highest BCUT2D eigenvalue weighted by molar-refractivity contribution is 7.20. The van der Waals surface area contributed by atoms with Crippen LogP contribution in [0.1, 0.15) is 23.3 Å². The first-order valence-corrected chi connectivity index (χ1v) is 11.9. The molecule has 1 aliphatic heterocycles. The van der Waals surface area contributed by atoms with Gasteiger partial charge in [-0.3, -0.25) is 0 Å². The second-order valence-electron chi connectivity index (χ2n) is 7.84. The van der Waals surface area contributed by atoms with E-state index >= 15 is 0 Å². The molecule has 1 fully saturated rings. The summed E-state index contributed by atoms with van der Waals surface area (Å²) in [5.74, 6) is 0.969. The number of aromatic nitrogens is 2. The Hall–Kier alpha value is -3.00. The highest BCUT2D eigenvalue weighted by Gasteiger charge is 2.12. The van der Waals surface area contributed by atoms with Crippen molar-refractivity contribution < 1.29 is 9.13 Å². The van der Waals surface area contributed by atoms with Crippen molar-refractivity contribution in [2.24, 2.45) is 0 Å². The molecule has 2 N–H and O–H groups in total. The molecule has 168 valence electrons. The standard InChI is InChI=1S/C25H22ClFN4OS/c26-21-12-19(7-9-23(21)32-14-16-3-1-4-17(27)11-16)31-25-24-22(29-15-30-25)13-20(33-24)8-6-18-5-2-10-28-18/h1,3-4,6-9,11-13,15,18,28H,2,5,10,14H2,(H,29,30,31)/b8-6+/t18-/m0/s1. The molecule has 1 atom stereocenters. The summed E-state index contributed by atoms with van der Waals surface area (Å²) >= 11 is 8.08. The number of halogens is 2. The molecule has 1 aliphatic rings. The minimum atomic E-state index is -0.291. The molecule has 2 aromatic carbocycles. The predicted molar refractivity (Wildman–Crippen MR) is 133 cm³/mol. The number of benzene rings is 2. The number of ether oxygens (including phenoxy) is 1. The zero-order valence-electron chi connectivity index (χ0n) is 17.7. The number of rotatable bonds is 7. The maximum atomic E-state index is 13.4. The van der Waals surface area contributed by atoms with Crippen LogP contribution in [-0.2, 0) is 6.61 Å². The summed E-state index contributed by atoms with van der Waals surface area (Å²) in [6, 6.07) is 14.3. The van der Waals surface area contributed by atoms with E-state index in [-0.39, 0.29) is 12.4 Å². The SMILES string of the molecule is Fc1cccc(COc2ccc(Nc3ncnc4cc(/C=C/[C@@H]5CCCN5)sc34)cc2Cl)c1. The van der Waals surface area contributed by atoms with Crippen molar-refractivity contribution in [2.45, 2.75) is 25.5 Å². The highest BCUT2D eigenvalue weighted by atomic mass is 35.5. The molecule has 3 heterocycles. The van der Waals surface area contributed by atoms with Gasteiger partial charge < -0.3 is 15.4 Å². The number of nitrogens with zero attached hydrogens (tertiary/aromatic N) is 2. The molecular formula is C25H22ClFN4OS. The second-order valence-corrected chi connectivity index (χ2v) is 9.33. The van der Waals surface area contributed by atoms with Crippen LogP contribution in [0.15, 0.2) is 60.9 Å². The van der Waals surface area contributed by atoms with Crippen LogP contribution in [0.25, 0.3) is 16.3 Å². The maximum Gasteiger partial charge on any atom is 0.151 e. The third-order valence-corrected chi connectivity index (χ3v) is 6.79. The lowest BCUT2D eigenvalue weighted by Crippen LogP contribution is -2.17. The van der Waals surface area contributed by atoms with E-state index < -0.39 is 0 Å². The van der Waals surface area contributed by atoms with Gasteiger partial charge in [0.2, 0.25) is 0 Å². The van der Waals surface area contributed by atoms with E-state index in [1.54, 1.807) is 35.9 Å². The molecule has 8 heteroatoms. The molecule has 5 rings (SSSR count). The van der Waals surface area contributed by atoms with Gasteiger partial charge in [-0.2, -0.15) is 0 Å². The molecule has 0 saturated carbocycles. The van der Waals surface area contributed by atoms with Crippen molar-refractivity contribution in [3.05, 3.63) is 82.2 Å². The molecule has 0 unspecified atom stereocenters. The van der Waals surface area contributed by atoms with Crippen LogP contribution in [0, 0.1) is 5.82 Å². The number of fused-ring (bicyclic) bond motifs is 1. The first kappa shape index (κ1) is 21.8. The van der Waals surface area contributed by atoms with Gasteiger partial charge in [-0.1, -0.05) is 29.8 Å². The van der Waals surface area contributed by atoms with Crippen LogP contribution in [-0.4, -0.2) is 22.6 Å². The Bertz CT molecular complexity index is 1300. The topological polar surface area (TPSA) is 59.1 Å². The van der Waals surface area contributed by atoms with Gasteiger partial charge in [0.05, 0.1) is 15.2 Å². The van der Waals surface area contributed by atoms with Gasteiger partial charge in [0, 0.05) is 16.6 Å². The molecule has 1 saturated heterocycles. The third kappa shape index (κ3) is 5.33. The Balaban J connectivity index is 1.30. The van der Waals surface area contributed by atoms with Crippen molar-refractivity contribution in [2.75, 3.05) is 11.9 Å². The average Bonchev–Trinajstić information content (AvgIpc) is 3.47. The normalized spacial score (nSPS) is 16.0. The molecule has 5 nitrogen and oxygen atoms in total. The van der Waals surface area contributed by atoms with Gasteiger partial charge in [-0.15, -0.1) is 11.3 Å². The van der Waals surface area contributed by atoms with Crippen molar-refractivity contribution in [3.8, 4) is 5.75 Å². The van der Waals surface area contributed by atoms with E-state index in [9.17, 15) is 4.39 Å². The molecule has 0 bridgehead atoms. The van der Waals surface area contributed by atoms with Gasteiger partial charge in [-0.05, 0) is 67.4 Å². The van der Waals surface area contributed by atoms with Gasteiger partial charge >= 0.3 is 0 Å². The Morgan fingerprint density at radius 3 is 2.97 bits per heavy atom. The summed E-state index contributed by atoms with van der Waals surface area (Å²) in [7, 11) is 0. The van der Waals surface area contributed by atoms with Crippen molar-refractivity contribution in [3.63, 3.8) is 0 Å². The monoisotopic (exact) mass is 480 g/mol. The molecule has 0 amide bonds. The largest absolute Gasteiger partial charge is 0.487 e. The first-order chi connectivity index (χ1) is 16.1. The molecule has 0 spiro atoms. The smallest absolute Gasteiger partial charge is 0.151 e. The lowest BCUT2D eigenvalue weighted by molar-refractivity contribution is 0.306. The van der Waals surface area contributed by atoms with E-state index in [0.717, 1.165) is 38.7 Å². The lowest BCUT2D eigenvalue weighted by atomic mass is 10.2. The predicted octanol–water partition coefficient (Wildman–Crippen LogP) is 6.57. The molecular weight excluding hydrogens is 459 g/mol. The van der Waals surface area contributed by atoms with E-state index in [4.69, 9.17) is 16.3 Å². The summed E-state index contributed by atoms with van der Waals surface area (Å²) in [6.45, 7) is 1.32. The Morgan fingerprint density at radius 1 is 1.21 bits per heavy atom. The second kappa shape index (κ2) is 9.87. The van der Waals surface area contributed by atoms with Gasteiger partial charge in [0.25, 0.3) is 0 Å². The van der Waals surface area contributed by atoms with Crippen molar-refractivity contribution >= 4 is 50.7 Å². The van der Waals surface area contributed by atoms with Crippen LogP contribution in [0.3, 0.4) is 0 Å². The summed E-state index contributed by atoms with van der Waals surface area (Å²) < 4.78 is 20.1. The number of nitrogens with one attached hydrogen (secondary N) is 2. The average molecular weight is 481 g/mol. The fourth-order valence-electron chi connectivity index (χ4n) is 3.75. The number of hydrogen-bond acceptors (Lipinski definition) is 6. The van der Waals surface area contributed by atoms with E-state index in [0.29, 0.717) is 16.8 Å².